The van der Waals surface area contributed by atoms with Crippen LogP contribution in [0.15, 0.2) is 54.6 Å². The van der Waals surface area contributed by atoms with Crippen LogP contribution in [-0.4, -0.2) is 154 Å². The summed E-state index contributed by atoms with van der Waals surface area (Å²) in [4.78, 5) is 149. The first-order valence-corrected chi connectivity index (χ1v) is 25.5. The summed E-state index contributed by atoms with van der Waals surface area (Å²) in [5.41, 5.74) is 29.2. The predicted octanol–water partition coefficient (Wildman–Crippen LogP) is -4.72. The van der Waals surface area contributed by atoms with Crippen molar-refractivity contribution in [3.05, 3.63) is 65.7 Å². The van der Waals surface area contributed by atoms with Crippen molar-refractivity contribution in [2.75, 3.05) is 31.1 Å². The molecular weight excluding hydrogens is 979 g/mol. The van der Waals surface area contributed by atoms with Gasteiger partial charge in [0.1, 0.15) is 48.0 Å². The van der Waals surface area contributed by atoms with E-state index in [4.69, 9.17) is 28.7 Å². The van der Waals surface area contributed by atoms with Crippen LogP contribution in [0.2, 0.25) is 0 Å². The Kier molecular flexibility index (Phi) is 23.0. The number of aromatic hydroxyl groups is 1. The molecule has 2 aliphatic rings. The minimum absolute atomic E-state index is 0.0281. The quantitative estimate of drug-likeness (QED) is 0.0624. The van der Waals surface area contributed by atoms with Gasteiger partial charge < -0.3 is 75.9 Å². The fourth-order valence-electron chi connectivity index (χ4n) is 7.62. The maximum Gasteiger partial charge on any atom is 0.246 e. The Labute approximate surface area is 422 Å². The van der Waals surface area contributed by atoms with E-state index in [0.717, 1.165) is 21.6 Å². The minimum Gasteiger partial charge on any atom is -0.508 e. The molecule has 8 atom stereocenters. The van der Waals surface area contributed by atoms with Gasteiger partial charge >= 0.3 is 0 Å². The number of nitrogens with zero attached hydrogens (tertiary/aromatic N) is 1. The molecule has 72 heavy (non-hydrogen) atoms. The summed E-state index contributed by atoms with van der Waals surface area (Å²) in [6.07, 6.45) is -1.10. The van der Waals surface area contributed by atoms with E-state index in [0.29, 0.717) is 24.0 Å². The first-order valence-electron chi connectivity index (χ1n) is 23.0. The molecule has 2 aliphatic heterocycles. The third kappa shape index (κ3) is 18.7. The number of likely N-dealkylation sites (tertiary alicyclic amines) is 1. The molecular formula is C45H63N13O12S2. The van der Waals surface area contributed by atoms with Gasteiger partial charge in [-0.25, -0.2) is 0 Å². The number of carbonyl (C=O) groups is 11. The zero-order chi connectivity index (χ0) is 52.9. The summed E-state index contributed by atoms with van der Waals surface area (Å²) in [5.74, 6) is -10.1. The molecule has 2 saturated heterocycles. The highest BCUT2D eigenvalue weighted by molar-refractivity contribution is 8.76. The monoisotopic (exact) mass is 1040 g/mol. The van der Waals surface area contributed by atoms with Crippen LogP contribution >= 0.6 is 21.6 Å². The van der Waals surface area contributed by atoms with E-state index in [1.165, 1.54) is 29.2 Å². The second-order valence-electron chi connectivity index (χ2n) is 17.1. The minimum atomic E-state index is -1.78. The number of amides is 11. The van der Waals surface area contributed by atoms with E-state index in [1.54, 1.807) is 30.3 Å². The van der Waals surface area contributed by atoms with Crippen molar-refractivity contribution < 1.29 is 57.8 Å². The van der Waals surface area contributed by atoms with Crippen LogP contribution in [0.4, 0.5) is 0 Å². The van der Waals surface area contributed by atoms with Gasteiger partial charge in [0.2, 0.25) is 65.0 Å². The average Bonchev–Trinajstić information content (AvgIpc) is 3.84. The Morgan fingerprint density at radius 1 is 0.708 bits per heavy atom. The summed E-state index contributed by atoms with van der Waals surface area (Å²) in [6, 6.07) is 3.04. The van der Waals surface area contributed by atoms with Crippen LogP contribution in [0, 0.1) is 0 Å². The molecule has 2 fully saturated rings. The lowest BCUT2D eigenvalue weighted by Crippen LogP contribution is -2.61. The summed E-state index contributed by atoms with van der Waals surface area (Å²) >= 11 is 0. The van der Waals surface area contributed by atoms with Crippen molar-refractivity contribution in [2.45, 2.75) is 106 Å². The summed E-state index contributed by atoms with van der Waals surface area (Å²) < 4.78 is 0. The second-order valence-corrected chi connectivity index (χ2v) is 19.6. The zero-order valence-electron chi connectivity index (χ0n) is 39.3. The molecule has 27 heteroatoms. The number of hydrogen-bond acceptors (Lipinski definition) is 16. The number of nitrogens with one attached hydrogen (secondary N) is 7. The summed E-state index contributed by atoms with van der Waals surface area (Å²) in [6.45, 7) is -0.299. The molecule has 0 bridgehead atoms. The Bertz CT molecular complexity index is 2280. The molecule has 0 aliphatic carbocycles. The Hall–Kier alpha value is -6.97. The highest BCUT2D eigenvalue weighted by Crippen LogP contribution is 2.26. The topological polar surface area (TPSA) is 426 Å². The molecule has 0 unspecified atom stereocenters. The van der Waals surface area contributed by atoms with Crippen molar-refractivity contribution in [2.24, 2.45) is 28.7 Å². The maximum atomic E-state index is 14.5. The molecule has 392 valence electrons. The molecule has 0 aromatic heterocycles. The number of primary amides is 3. The van der Waals surface area contributed by atoms with Crippen LogP contribution in [0.5, 0.6) is 5.75 Å². The first kappa shape index (κ1) is 57.6. The number of nitrogens with two attached hydrogens (primary N) is 5. The van der Waals surface area contributed by atoms with Crippen LogP contribution in [0.25, 0.3) is 0 Å². The Morgan fingerprint density at radius 3 is 1.89 bits per heavy atom. The number of phenolic OH excluding ortho intramolecular Hbond substituents is 1. The molecule has 4 rings (SSSR count). The van der Waals surface area contributed by atoms with Gasteiger partial charge in [0.05, 0.1) is 19.0 Å². The smallest absolute Gasteiger partial charge is 0.246 e. The molecule has 0 radical (unpaired) electrons. The Balaban J connectivity index is 1.71. The highest BCUT2D eigenvalue weighted by atomic mass is 33.1. The van der Waals surface area contributed by atoms with E-state index in [2.05, 4.69) is 37.2 Å². The molecule has 0 saturated carbocycles. The standard InChI is InChI=1S/C45H63N13O12S2/c46-16-4-8-28(39(64)51-21-37(50)62)53-44(69)34-9-5-17-58(34)45(70)33-23-72-71-22-27(47)38(63)54-30(19-25-10-12-26(59)13-11-25)42(67)55-31(18-24-6-2-1-3-7-24)41(66)52-29(14-15-35(48)60)40(65)56-32(20-36(49)61)43(68)57-33/h1-3,6-7,10-13,27-34,59H,4-5,8-9,14-23,46-47H2,(H2,48,60)(H2,49,61)(H2,50,62)(H,51,64)(H,52,66)(H,53,69)(H,54,63)(H,55,67)(H,56,65)(H,57,68)/t27-,28-,29-,30-,31+,32-,33-,34-/m0/s1. The van der Waals surface area contributed by atoms with Crippen LogP contribution in [0.3, 0.4) is 0 Å². The first-order chi connectivity index (χ1) is 34.3. The van der Waals surface area contributed by atoms with E-state index in [9.17, 15) is 57.8 Å². The van der Waals surface area contributed by atoms with E-state index >= 15 is 0 Å². The average molecular weight is 1040 g/mol. The predicted molar refractivity (Wildman–Crippen MR) is 264 cm³/mol. The number of carbonyl (C=O) groups excluding carboxylic acids is 11. The van der Waals surface area contributed by atoms with Crippen LogP contribution in [0.1, 0.15) is 56.1 Å². The van der Waals surface area contributed by atoms with E-state index in [-0.39, 0.29) is 56.0 Å². The number of rotatable bonds is 18. The van der Waals surface area contributed by atoms with Crippen molar-refractivity contribution in [3.63, 3.8) is 0 Å². The van der Waals surface area contributed by atoms with Gasteiger partial charge in [0.25, 0.3) is 0 Å². The van der Waals surface area contributed by atoms with Gasteiger partial charge in [-0.3, -0.25) is 52.7 Å². The third-order valence-corrected chi connectivity index (χ3v) is 13.8. The molecule has 2 heterocycles. The van der Waals surface area contributed by atoms with Gasteiger partial charge in [-0.05, 0) is 61.9 Å². The lowest BCUT2D eigenvalue weighted by Gasteiger charge is -2.31. The van der Waals surface area contributed by atoms with Crippen LogP contribution in [-0.2, 0) is 65.6 Å². The molecule has 18 N–H and O–H groups in total. The molecule has 2 aromatic carbocycles. The lowest BCUT2D eigenvalue weighted by atomic mass is 10.0. The number of hydrogen-bond donors (Lipinski definition) is 13. The molecule has 11 amide bonds. The number of phenols is 1. The van der Waals surface area contributed by atoms with E-state index < -0.39 is 139 Å². The summed E-state index contributed by atoms with van der Waals surface area (Å²) in [5, 5.41) is 27.6. The van der Waals surface area contributed by atoms with Gasteiger partial charge in [0, 0.05) is 37.3 Å². The van der Waals surface area contributed by atoms with Crippen molar-refractivity contribution in [3.8, 4) is 5.75 Å². The molecule has 0 spiro atoms. The SMILES string of the molecule is NCCC[C@H](NC(=O)[C@@H]1CCCN1C(=O)[C@@H]1CSSC[C@H](N)C(=O)N[C@@H](Cc2ccc(O)cc2)C(=O)N[C@H](Cc2ccccc2)C(=O)N[C@@H](CCC(N)=O)C(=O)N[C@@H](CC(N)=O)C(=O)N1)C(=O)NCC(N)=O. The largest absolute Gasteiger partial charge is 0.508 e. The fraction of sp³-hybridized carbons (Fsp3) is 0.489. The molecule has 25 nitrogen and oxygen atoms in total. The Morgan fingerprint density at radius 2 is 1.28 bits per heavy atom. The maximum absolute atomic E-state index is 14.5. The fourth-order valence-corrected chi connectivity index (χ4v) is 9.90. The highest BCUT2D eigenvalue weighted by Gasteiger charge is 2.40. The molecule has 2 aromatic rings. The van der Waals surface area contributed by atoms with Gasteiger partial charge in [0.15, 0.2) is 0 Å². The van der Waals surface area contributed by atoms with Crippen molar-refractivity contribution in [1.82, 2.24) is 42.1 Å². The van der Waals surface area contributed by atoms with Gasteiger partial charge in [-0.2, -0.15) is 0 Å². The normalized spacial score (nSPS) is 23.2. The van der Waals surface area contributed by atoms with Gasteiger partial charge in [-0.15, -0.1) is 0 Å². The third-order valence-electron chi connectivity index (χ3n) is 11.4. The van der Waals surface area contributed by atoms with E-state index in [1.807, 2.05) is 0 Å². The summed E-state index contributed by atoms with van der Waals surface area (Å²) in [7, 11) is 2.02. The van der Waals surface area contributed by atoms with Crippen molar-refractivity contribution in [1.29, 1.82) is 0 Å². The number of benzene rings is 2. The second kappa shape index (κ2) is 28.8. The lowest BCUT2D eigenvalue weighted by molar-refractivity contribution is -0.142. The zero-order valence-corrected chi connectivity index (χ0v) is 40.9. The van der Waals surface area contributed by atoms with Crippen LogP contribution < -0.4 is 65.9 Å². The van der Waals surface area contributed by atoms with Crippen molar-refractivity contribution >= 4 is 86.6 Å². The van der Waals surface area contributed by atoms with Gasteiger partial charge in [-0.1, -0.05) is 64.1 Å².